The zero-order valence-electron chi connectivity index (χ0n) is 14.0. The Bertz CT molecular complexity index is 373. The van der Waals surface area contributed by atoms with E-state index in [1.165, 1.54) is 0 Å². The first-order valence-electron chi connectivity index (χ1n) is 6.88. The van der Waals surface area contributed by atoms with Crippen molar-refractivity contribution in [3.63, 3.8) is 0 Å². The molecule has 0 N–H and O–H groups in total. The Kier molecular flexibility index (Phi) is 7.95. The second-order valence-electron chi connectivity index (χ2n) is 6.69. The SMILES string of the molecule is C[Si](C)(Cl)O[Si](C)(C)O[Si](C)(C)O[Si](C)(Cl)CCC(F)(F)F. The summed E-state index contributed by atoms with van der Waals surface area (Å²) in [5.74, 6) is 0. The largest absolute Gasteiger partial charge is 0.425 e. The molecule has 0 aromatic heterocycles. The summed E-state index contributed by atoms with van der Waals surface area (Å²) in [5.41, 5.74) is 0. The molecule has 1 atom stereocenters. The molecule has 3 nitrogen and oxygen atoms in total. The molecule has 0 aromatic rings. The lowest BCUT2D eigenvalue weighted by Gasteiger charge is -2.38. The van der Waals surface area contributed by atoms with E-state index in [-0.39, 0.29) is 6.04 Å². The van der Waals surface area contributed by atoms with Gasteiger partial charge < -0.3 is 12.3 Å². The molecule has 0 radical (unpaired) electrons. The molecule has 0 amide bonds. The highest BCUT2D eigenvalue weighted by molar-refractivity contribution is 7.19. The number of halogens is 5. The van der Waals surface area contributed by atoms with Gasteiger partial charge in [0.25, 0.3) is 15.3 Å². The zero-order valence-corrected chi connectivity index (χ0v) is 19.5. The van der Waals surface area contributed by atoms with Crippen LogP contribution >= 0.6 is 22.2 Å². The van der Waals surface area contributed by atoms with Crippen molar-refractivity contribution in [2.45, 2.75) is 64.5 Å². The third-order valence-electron chi connectivity index (χ3n) is 2.29. The molecule has 22 heavy (non-hydrogen) atoms. The molecule has 0 heterocycles. The van der Waals surface area contributed by atoms with Crippen molar-refractivity contribution in [1.29, 1.82) is 0 Å². The van der Waals surface area contributed by atoms with Crippen LogP contribution in [0.25, 0.3) is 0 Å². The van der Waals surface area contributed by atoms with Crippen molar-refractivity contribution >= 4 is 54.5 Å². The Labute approximate surface area is 144 Å². The summed E-state index contributed by atoms with van der Waals surface area (Å²) in [6.45, 7) is 12.5. The molecular formula is C10H25Cl2F3O3Si4. The molecule has 0 aliphatic heterocycles. The van der Waals surface area contributed by atoms with Gasteiger partial charge in [-0.05, 0) is 51.9 Å². The number of rotatable bonds is 8. The van der Waals surface area contributed by atoms with Crippen LogP contribution in [0.1, 0.15) is 6.42 Å². The van der Waals surface area contributed by atoms with Crippen LogP contribution in [0.4, 0.5) is 13.2 Å². The minimum absolute atomic E-state index is 0.198. The Morgan fingerprint density at radius 1 is 0.773 bits per heavy atom. The van der Waals surface area contributed by atoms with E-state index < -0.39 is 45.0 Å². The summed E-state index contributed by atoms with van der Waals surface area (Å²) in [6, 6.07) is -0.198. The molecule has 0 aliphatic rings. The smallest absolute Gasteiger partial charge is 0.388 e. The maximum Gasteiger partial charge on any atom is 0.388 e. The summed E-state index contributed by atoms with van der Waals surface area (Å²) in [4.78, 5) is 0. The first kappa shape index (κ1) is 23.1. The fraction of sp³-hybridized carbons (Fsp3) is 1.00. The maximum atomic E-state index is 12.3. The van der Waals surface area contributed by atoms with Crippen LogP contribution in [0.3, 0.4) is 0 Å². The average molecular weight is 434 g/mol. The van der Waals surface area contributed by atoms with E-state index in [1.54, 1.807) is 19.6 Å². The quantitative estimate of drug-likeness (QED) is 0.366. The number of alkyl halides is 3. The van der Waals surface area contributed by atoms with Crippen molar-refractivity contribution in [3.05, 3.63) is 0 Å². The first-order chi connectivity index (χ1) is 9.33. The predicted octanol–water partition coefficient (Wildman–Crippen LogP) is 5.64. The molecule has 0 saturated carbocycles. The lowest BCUT2D eigenvalue weighted by atomic mass is 10.5. The van der Waals surface area contributed by atoms with Gasteiger partial charge in [-0.25, -0.2) is 0 Å². The Morgan fingerprint density at radius 3 is 1.55 bits per heavy atom. The van der Waals surface area contributed by atoms with Gasteiger partial charge in [-0.3, -0.25) is 0 Å². The summed E-state index contributed by atoms with van der Waals surface area (Å²) < 4.78 is 54.7. The first-order valence-corrected chi connectivity index (χ1v) is 20.1. The van der Waals surface area contributed by atoms with Crippen LogP contribution in [0.15, 0.2) is 0 Å². The van der Waals surface area contributed by atoms with Gasteiger partial charge in [0.15, 0.2) is 0 Å². The van der Waals surface area contributed by atoms with Gasteiger partial charge >= 0.3 is 23.3 Å². The molecular weight excluding hydrogens is 408 g/mol. The lowest BCUT2D eigenvalue weighted by Crippen LogP contribution is -2.55. The normalized spacial score (nSPS) is 17.5. The van der Waals surface area contributed by atoms with Gasteiger partial charge in [0.05, 0.1) is 0 Å². The monoisotopic (exact) mass is 432 g/mol. The van der Waals surface area contributed by atoms with Crippen LogP contribution in [-0.2, 0) is 12.3 Å². The molecule has 0 spiro atoms. The van der Waals surface area contributed by atoms with E-state index in [2.05, 4.69) is 0 Å². The molecule has 1 unspecified atom stereocenters. The van der Waals surface area contributed by atoms with Crippen LogP contribution in [0.2, 0.25) is 51.9 Å². The molecule has 0 bridgehead atoms. The zero-order chi connectivity index (χ0) is 18.0. The second kappa shape index (κ2) is 7.56. The van der Waals surface area contributed by atoms with E-state index in [9.17, 15) is 13.2 Å². The highest BCUT2D eigenvalue weighted by Crippen LogP contribution is 2.32. The summed E-state index contributed by atoms with van der Waals surface area (Å²) in [7, 11) is -10.5. The van der Waals surface area contributed by atoms with E-state index in [0.29, 0.717) is 0 Å². The minimum Gasteiger partial charge on any atom is -0.425 e. The highest BCUT2D eigenvalue weighted by Gasteiger charge is 2.45. The molecule has 0 rings (SSSR count). The molecule has 0 saturated heterocycles. The standard InChI is InChI=1S/C10H25Cl2F3O3Si4/c1-19(2,11)16-20(3,4)17-21(5,6)18-22(7,12)9-8-10(13,14)15/h8-9H2,1-7H3. The van der Waals surface area contributed by atoms with Gasteiger partial charge in [0.1, 0.15) is 0 Å². The molecule has 0 aromatic carbocycles. The van der Waals surface area contributed by atoms with Crippen molar-refractivity contribution in [2.24, 2.45) is 0 Å². The number of hydrogen-bond donors (Lipinski definition) is 0. The Balaban J connectivity index is 4.74. The fourth-order valence-electron chi connectivity index (χ4n) is 2.15. The summed E-state index contributed by atoms with van der Waals surface area (Å²) in [5, 5.41) is 0. The average Bonchev–Trinajstić information content (AvgIpc) is 2.04. The van der Waals surface area contributed by atoms with Crippen molar-refractivity contribution in [1.82, 2.24) is 0 Å². The molecule has 0 fully saturated rings. The summed E-state index contributed by atoms with van der Waals surface area (Å²) in [6.07, 6.45) is -5.17. The minimum atomic E-state index is -4.23. The Hall–Kier alpha value is 1.12. The number of hydrogen-bond acceptors (Lipinski definition) is 3. The van der Waals surface area contributed by atoms with Crippen molar-refractivity contribution < 1.29 is 25.5 Å². The second-order valence-corrected chi connectivity index (χ2v) is 25.3. The Morgan fingerprint density at radius 2 is 1.18 bits per heavy atom. The van der Waals surface area contributed by atoms with Gasteiger partial charge in [-0.1, -0.05) is 0 Å². The van der Waals surface area contributed by atoms with Gasteiger partial charge in [-0.2, -0.15) is 13.2 Å². The molecule has 134 valence electrons. The predicted molar refractivity (Wildman–Crippen MR) is 94.5 cm³/mol. The van der Waals surface area contributed by atoms with Crippen LogP contribution < -0.4 is 0 Å². The molecule has 0 aliphatic carbocycles. The van der Waals surface area contributed by atoms with Crippen molar-refractivity contribution in [2.75, 3.05) is 0 Å². The van der Waals surface area contributed by atoms with E-state index in [4.69, 9.17) is 34.5 Å². The third kappa shape index (κ3) is 12.5. The fourth-order valence-corrected chi connectivity index (χ4v) is 21.5. The van der Waals surface area contributed by atoms with E-state index in [1.807, 2.05) is 26.2 Å². The van der Waals surface area contributed by atoms with Crippen molar-refractivity contribution in [3.8, 4) is 0 Å². The van der Waals surface area contributed by atoms with E-state index >= 15 is 0 Å². The van der Waals surface area contributed by atoms with Crippen LogP contribution in [0.5, 0.6) is 0 Å². The third-order valence-corrected chi connectivity index (χ3v) is 16.9. The van der Waals surface area contributed by atoms with E-state index in [0.717, 1.165) is 0 Å². The van der Waals surface area contributed by atoms with Crippen LogP contribution in [-0.4, -0.2) is 38.6 Å². The summed E-state index contributed by atoms with van der Waals surface area (Å²) >= 11 is 12.4. The van der Waals surface area contributed by atoms with Gasteiger partial charge in [0, 0.05) is 6.42 Å². The molecule has 12 heteroatoms. The lowest BCUT2D eigenvalue weighted by molar-refractivity contribution is -0.131. The van der Waals surface area contributed by atoms with Gasteiger partial charge in [-0.15, -0.1) is 22.2 Å². The maximum absolute atomic E-state index is 12.3. The topological polar surface area (TPSA) is 27.7 Å². The van der Waals surface area contributed by atoms with Gasteiger partial charge in [0.2, 0.25) is 0 Å². The highest BCUT2D eigenvalue weighted by atomic mass is 35.6. The van der Waals surface area contributed by atoms with Crippen LogP contribution in [0, 0.1) is 0 Å².